The summed E-state index contributed by atoms with van der Waals surface area (Å²) in [4.78, 5) is 22.5. The van der Waals surface area contributed by atoms with E-state index in [1.165, 1.54) is 4.68 Å². The SMILES string of the molecule is O=C(Nc1cnn(-c2ncccn2)c1)N1CCC(c2ccn[nH]2)CC1. The van der Waals surface area contributed by atoms with E-state index in [1.807, 2.05) is 11.0 Å². The largest absolute Gasteiger partial charge is 0.324 e. The number of amides is 2. The molecule has 0 unspecified atom stereocenters. The van der Waals surface area contributed by atoms with Gasteiger partial charge in [-0.05, 0) is 25.0 Å². The lowest BCUT2D eigenvalue weighted by molar-refractivity contribution is 0.194. The molecule has 1 fully saturated rings. The number of rotatable bonds is 3. The second kappa shape index (κ2) is 6.71. The Morgan fingerprint density at radius 1 is 1.20 bits per heavy atom. The number of aromatic amines is 1. The topological polar surface area (TPSA) is 105 Å². The van der Waals surface area contributed by atoms with Crippen molar-refractivity contribution in [3.8, 4) is 5.95 Å². The summed E-state index contributed by atoms with van der Waals surface area (Å²) in [5.74, 6) is 0.896. The molecule has 0 atom stereocenters. The van der Waals surface area contributed by atoms with Crippen molar-refractivity contribution < 1.29 is 4.79 Å². The van der Waals surface area contributed by atoms with Gasteiger partial charge in [-0.1, -0.05) is 0 Å². The van der Waals surface area contributed by atoms with E-state index < -0.39 is 0 Å². The third kappa shape index (κ3) is 3.35. The number of nitrogens with one attached hydrogen (secondary N) is 2. The van der Waals surface area contributed by atoms with E-state index in [9.17, 15) is 4.79 Å². The van der Waals surface area contributed by atoms with E-state index in [-0.39, 0.29) is 6.03 Å². The molecule has 4 heterocycles. The molecule has 0 saturated carbocycles. The van der Waals surface area contributed by atoms with Gasteiger partial charge in [0.05, 0.1) is 18.1 Å². The van der Waals surface area contributed by atoms with Gasteiger partial charge in [0.2, 0.25) is 5.95 Å². The van der Waals surface area contributed by atoms with Crippen LogP contribution < -0.4 is 5.32 Å². The zero-order chi connectivity index (χ0) is 17.1. The summed E-state index contributed by atoms with van der Waals surface area (Å²) in [6.07, 6.45) is 10.2. The zero-order valence-corrected chi connectivity index (χ0v) is 13.5. The maximum atomic E-state index is 12.4. The zero-order valence-electron chi connectivity index (χ0n) is 13.5. The van der Waals surface area contributed by atoms with Crippen molar-refractivity contribution in [1.29, 1.82) is 0 Å². The second-order valence-electron chi connectivity index (χ2n) is 5.93. The molecule has 128 valence electrons. The molecule has 3 aromatic heterocycles. The third-order valence-corrected chi connectivity index (χ3v) is 4.34. The number of nitrogens with zero attached hydrogens (tertiary/aromatic N) is 6. The number of urea groups is 1. The minimum absolute atomic E-state index is 0.114. The number of carbonyl (C=O) groups excluding carboxylic acids is 1. The lowest BCUT2D eigenvalue weighted by atomic mass is 9.94. The fraction of sp³-hybridized carbons (Fsp3) is 0.312. The van der Waals surface area contributed by atoms with Crippen LogP contribution in [0.15, 0.2) is 43.1 Å². The average molecular weight is 338 g/mol. The molecule has 0 bridgehead atoms. The average Bonchev–Trinajstić information content (AvgIpc) is 3.35. The quantitative estimate of drug-likeness (QED) is 0.757. The lowest BCUT2D eigenvalue weighted by Gasteiger charge is -2.31. The molecule has 1 aliphatic heterocycles. The molecule has 9 nitrogen and oxygen atoms in total. The highest BCUT2D eigenvalue weighted by Gasteiger charge is 2.24. The molecular weight excluding hydrogens is 320 g/mol. The van der Waals surface area contributed by atoms with Crippen LogP contribution in [0.1, 0.15) is 24.5 Å². The molecule has 2 N–H and O–H groups in total. The fourth-order valence-electron chi connectivity index (χ4n) is 3.00. The minimum Gasteiger partial charge on any atom is -0.324 e. The summed E-state index contributed by atoms with van der Waals surface area (Å²) < 4.78 is 1.53. The van der Waals surface area contributed by atoms with Crippen LogP contribution in [0.25, 0.3) is 5.95 Å². The summed E-state index contributed by atoms with van der Waals surface area (Å²) in [6.45, 7) is 1.43. The van der Waals surface area contributed by atoms with E-state index in [0.717, 1.165) is 18.5 Å². The first-order valence-corrected chi connectivity index (χ1v) is 8.17. The van der Waals surface area contributed by atoms with Crippen LogP contribution in [0, 0.1) is 0 Å². The Morgan fingerprint density at radius 3 is 2.72 bits per heavy atom. The molecule has 0 aliphatic carbocycles. The second-order valence-corrected chi connectivity index (χ2v) is 5.93. The van der Waals surface area contributed by atoms with Crippen molar-refractivity contribution in [2.45, 2.75) is 18.8 Å². The summed E-state index contributed by atoms with van der Waals surface area (Å²) in [6, 6.07) is 3.62. The van der Waals surface area contributed by atoms with Crippen LogP contribution in [-0.4, -0.2) is 54.0 Å². The van der Waals surface area contributed by atoms with Crippen molar-refractivity contribution in [2.24, 2.45) is 0 Å². The number of aromatic nitrogens is 6. The van der Waals surface area contributed by atoms with Gasteiger partial charge in [0.25, 0.3) is 0 Å². The highest BCUT2D eigenvalue weighted by Crippen LogP contribution is 2.26. The summed E-state index contributed by atoms with van der Waals surface area (Å²) in [5, 5.41) is 14.1. The van der Waals surface area contributed by atoms with Crippen LogP contribution in [-0.2, 0) is 0 Å². The van der Waals surface area contributed by atoms with Crippen molar-refractivity contribution in [2.75, 3.05) is 18.4 Å². The van der Waals surface area contributed by atoms with Gasteiger partial charge >= 0.3 is 6.03 Å². The molecule has 3 aromatic rings. The molecule has 4 rings (SSSR count). The Labute approximate surface area is 144 Å². The number of hydrogen-bond acceptors (Lipinski definition) is 5. The molecule has 1 aliphatic rings. The van der Waals surface area contributed by atoms with Crippen molar-refractivity contribution >= 4 is 11.7 Å². The summed E-state index contributed by atoms with van der Waals surface area (Å²) >= 11 is 0. The van der Waals surface area contributed by atoms with E-state index in [0.29, 0.717) is 30.6 Å². The Bertz CT molecular complexity index is 821. The van der Waals surface area contributed by atoms with Gasteiger partial charge in [0.15, 0.2) is 0 Å². The van der Waals surface area contributed by atoms with Crippen LogP contribution in [0.5, 0.6) is 0 Å². The maximum absolute atomic E-state index is 12.4. The van der Waals surface area contributed by atoms with Crippen LogP contribution in [0.3, 0.4) is 0 Å². The molecule has 2 amide bonds. The highest BCUT2D eigenvalue weighted by molar-refractivity contribution is 5.89. The third-order valence-electron chi connectivity index (χ3n) is 4.34. The predicted molar refractivity (Wildman–Crippen MR) is 90.3 cm³/mol. The van der Waals surface area contributed by atoms with Crippen LogP contribution in [0.4, 0.5) is 10.5 Å². The highest BCUT2D eigenvalue weighted by atomic mass is 16.2. The molecule has 0 spiro atoms. The number of carbonyl (C=O) groups is 1. The number of likely N-dealkylation sites (tertiary alicyclic amines) is 1. The van der Waals surface area contributed by atoms with Gasteiger partial charge in [-0.15, -0.1) is 0 Å². The molecular formula is C16H18N8O. The Morgan fingerprint density at radius 2 is 2.00 bits per heavy atom. The first kappa shape index (κ1) is 15.3. The number of anilines is 1. The maximum Gasteiger partial charge on any atom is 0.321 e. The van der Waals surface area contributed by atoms with Crippen LogP contribution >= 0.6 is 0 Å². The fourth-order valence-corrected chi connectivity index (χ4v) is 3.00. The Hall–Kier alpha value is -3.23. The number of H-pyrrole nitrogens is 1. The Kier molecular flexibility index (Phi) is 4.11. The van der Waals surface area contributed by atoms with E-state index >= 15 is 0 Å². The molecule has 0 aromatic carbocycles. The first-order valence-electron chi connectivity index (χ1n) is 8.17. The van der Waals surface area contributed by atoms with Crippen LogP contribution in [0.2, 0.25) is 0 Å². The summed E-state index contributed by atoms with van der Waals surface area (Å²) in [5.41, 5.74) is 1.76. The molecule has 1 saturated heterocycles. The van der Waals surface area contributed by atoms with Crippen molar-refractivity contribution in [3.63, 3.8) is 0 Å². The molecule has 25 heavy (non-hydrogen) atoms. The Balaban J connectivity index is 1.34. The lowest BCUT2D eigenvalue weighted by Crippen LogP contribution is -2.40. The van der Waals surface area contributed by atoms with Gasteiger partial charge < -0.3 is 10.2 Å². The van der Waals surface area contributed by atoms with Gasteiger partial charge in [0, 0.05) is 43.3 Å². The molecule has 9 heteroatoms. The van der Waals surface area contributed by atoms with Crippen molar-refractivity contribution in [3.05, 3.63) is 48.8 Å². The van der Waals surface area contributed by atoms with Gasteiger partial charge in [-0.3, -0.25) is 5.10 Å². The predicted octanol–water partition coefficient (Wildman–Crippen LogP) is 1.80. The number of hydrogen-bond donors (Lipinski definition) is 2. The van der Waals surface area contributed by atoms with E-state index in [1.54, 1.807) is 37.1 Å². The van der Waals surface area contributed by atoms with Gasteiger partial charge in [-0.2, -0.15) is 10.2 Å². The van der Waals surface area contributed by atoms with Gasteiger partial charge in [0.1, 0.15) is 0 Å². The monoisotopic (exact) mass is 338 g/mol. The minimum atomic E-state index is -0.114. The normalized spacial score (nSPS) is 15.3. The van der Waals surface area contributed by atoms with Crippen molar-refractivity contribution in [1.82, 2.24) is 34.8 Å². The first-order chi connectivity index (χ1) is 12.3. The summed E-state index contributed by atoms with van der Waals surface area (Å²) in [7, 11) is 0. The number of piperidine rings is 1. The smallest absolute Gasteiger partial charge is 0.321 e. The van der Waals surface area contributed by atoms with E-state index in [4.69, 9.17) is 0 Å². The standard InChI is InChI=1S/C16H18N8O/c25-16(23-8-3-12(4-9-23)14-2-7-19-22-14)21-13-10-20-24(11-13)15-17-5-1-6-18-15/h1-2,5-7,10-12H,3-4,8-9H2,(H,19,22)(H,21,25). The van der Waals surface area contributed by atoms with E-state index in [2.05, 4.69) is 30.6 Å². The molecule has 0 radical (unpaired) electrons. The van der Waals surface area contributed by atoms with Gasteiger partial charge in [-0.25, -0.2) is 19.4 Å².